The van der Waals surface area contributed by atoms with E-state index in [1.807, 2.05) is 24.3 Å². The summed E-state index contributed by atoms with van der Waals surface area (Å²) >= 11 is 6.73. The SMILES string of the molecule is O=C1CCc2nc3cc(Br)ccc3c(=O)n2C1.O=c1c2ccc(Br)cc2nc2n1CC(O)CC2.[2H]CP. The molecule has 2 atom stereocenters. The van der Waals surface area contributed by atoms with Crippen LogP contribution in [0, 0.1) is 0 Å². The third-order valence-electron chi connectivity index (χ3n) is 6.05. The number of rotatable bonds is 0. The van der Waals surface area contributed by atoms with Crippen LogP contribution in [0.2, 0.25) is 0 Å². The summed E-state index contributed by atoms with van der Waals surface area (Å²) in [4.78, 5) is 44.7. The summed E-state index contributed by atoms with van der Waals surface area (Å²) in [6.07, 6.45) is 1.92. The smallest absolute Gasteiger partial charge is 0.261 e. The molecule has 2 aliphatic rings. The third kappa shape index (κ3) is 5.52. The summed E-state index contributed by atoms with van der Waals surface area (Å²) in [5.41, 5.74) is 1.22. The molecule has 0 bridgehead atoms. The number of aryl methyl sites for hydroxylation is 2. The van der Waals surface area contributed by atoms with Crippen molar-refractivity contribution in [2.45, 2.75) is 44.9 Å². The number of ketones is 1. The predicted molar refractivity (Wildman–Crippen MR) is 151 cm³/mol. The highest BCUT2D eigenvalue weighted by molar-refractivity contribution is 9.10. The summed E-state index contributed by atoms with van der Waals surface area (Å²) in [7, 11) is 2.25. The number of benzene rings is 2. The zero-order valence-electron chi connectivity index (χ0n) is 20.3. The highest BCUT2D eigenvalue weighted by Crippen LogP contribution is 2.19. The van der Waals surface area contributed by atoms with Crippen molar-refractivity contribution < 1.29 is 11.3 Å². The van der Waals surface area contributed by atoms with E-state index >= 15 is 0 Å². The number of fused-ring (bicyclic) bond motifs is 4. The molecule has 0 spiro atoms. The Kier molecular flexibility index (Phi) is 8.06. The topological polar surface area (TPSA) is 107 Å². The van der Waals surface area contributed by atoms with E-state index in [-0.39, 0.29) is 23.4 Å². The van der Waals surface area contributed by atoms with Crippen LogP contribution in [-0.4, -0.2) is 42.7 Å². The molecule has 8 nitrogen and oxygen atoms in total. The van der Waals surface area contributed by atoms with Gasteiger partial charge in [0.2, 0.25) is 0 Å². The van der Waals surface area contributed by atoms with Gasteiger partial charge in [-0.05, 0) is 42.8 Å². The normalized spacial score (nSPS) is 16.7. The Balaban J connectivity index is 0.000000157. The van der Waals surface area contributed by atoms with Gasteiger partial charge in [-0.1, -0.05) is 38.5 Å². The summed E-state index contributed by atoms with van der Waals surface area (Å²) in [5, 5.41) is 10.8. The molecule has 2 aromatic carbocycles. The van der Waals surface area contributed by atoms with Crippen LogP contribution in [0.1, 0.15) is 25.9 Å². The molecule has 4 heterocycles. The fourth-order valence-corrected chi connectivity index (χ4v) is 5.02. The summed E-state index contributed by atoms with van der Waals surface area (Å²) in [5.74, 6) is 1.57. The van der Waals surface area contributed by atoms with Crippen LogP contribution < -0.4 is 11.1 Å². The van der Waals surface area contributed by atoms with Crippen molar-refractivity contribution in [3.8, 4) is 0 Å². The number of Topliss-reactive ketones (excluding diaryl/α,β-unsaturated/α-hetero) is 1. The minimum absolute atomic E-state index is 0.0590. The van der Waals surface area contributed by atoms with Crippen molar-refractivity contribution in [1.29, 1.82) is 0 Å². The molecule has 2 aliphatic heterocycles. The first-order chi connectivity index (χ1) is 17.7. The fourth-order valence-electron chi connectivity index (χ4n) is 4.32. The van der Waals surface area contributed by atoms with E-state index in [2.05, 4.69) is 51.1 Å². The van der Waals surface area contributed by atoms with Gasteiger partial charge in [0.1, 0.15) is 11.6 Å². The predicted octanol–water partition coefficient (Wildman–Crippen LogP) is 3.63. The Hall–Kier alpha value is -2.26. The van der Waals surface area contributed by atoms with E-state index in [1.54, 1.807) is 16.7 Å². The van der Waals surface area contributed by atoms with Gasteiger partial charge in [-0.15, -0.1) is 9.24 Å². The Bertz CT molecular complexity index is 1610. The van der Waals surface area contributed by atoms with E-state index in [0.29, 0.717) is 66.5 Å². The molecule has 0 saturated carbocycles. The van der Waals surface area contributed by atoms with Crippen LogP contribution in [0.25, 0.3) is 21.8 Å². The number of hydrogen-bond donors (Lipinski definition) is 1. The molecular weight excluding hydrogens is 611 g/mol. The van der Waals surface area contributed by atoms with Crippen LogP contribution in [-0.2, 0) is 30.7 Å². The van der Waals surface area contributed by atoms with Gasteiger partial charge >= 0.3 is 0 Å². The molecular formula is C25H25Br2N4O4P. The van der Waals surface area contributed by atoms with Crippen molar-refractivity contribution >= 4 is 68.7 Å². The van der Waals surface area contributed by atoms with Crippen molar-refractivity contribution in [3.63, 3.8) is 0 Å². The lowest BCUT2D eigenvalue weighted by Crippen LogP contribution is -2.34. The number of aliphatic hydroxyl groups is 1. The quantitative estimate of drug-likeness (QED) is 0.296. The zero-order chi connectivity index (χ0) is 26.7. The zero-order valence-corrected chi connectivity index (χ0v) is 23.6. The second-order valence-corrected chi connectivity index (χ2v) is 10.2. The Labute approximate surface area is 227 Å². The molecule has 6 rings (SSSR count). The van der Waals surface area contributed by atoms with Crippen molar-refractivity contribution in [1.82, 2.24) is 19.1 Å². The molecule has 1 N–H and O–H groups in total. The average Bonchev–Trinajstić information content (AvgIpc) is 2.86. The van der Waals surface area contributed by atoms with E-state index in [9.17, 15) is 19.5 Å². The van der Waals surface area contributed by atoms with Crippen LogP contribution >= 0.6 is 41.1 Å². The molecule has 4 aromatic rings. The van der Waals surface area contributed by atoms with Gasteiger partial charge in [0, 0.05) is 29.6 Å². The Morgan fingerprint density at radius 2 is 1.44 bits per heavy atom. The van der Waals surface area contributed by atoms with Gasteiger partial charge in [-0.3, -0.25) is 23.5 Å². The number of halogens is 2. The van der Waals surface area contributed by atoms with E-state index in [1.165, 1.54) is 4.57 Å². The molecule has 0 aliphatic carbocycles. The van der Waals surface area contributed by atoms with Gasteiger partial charge < -0.3 is 5.11 Å². The Morgan fingerprint density at radius 3 is 2.03 bits per heavy atom. The number of carbonyl (C=O) groups excluding carboxylic acids is 1. The van der Waals surface area contributed by atoms with Gasteiger partial charge in [0.05, 0.1) is 41.0 Å². The molecule has 0 amide bonds. The van der Waals surface area contributed by atoms with E-state index in [4.69, 9.17) is 1.37 Å². The van der Waals surface area contributed by atoms with Crippen LogP contribution in [0.5, 0.6) is 0 Å². The highest BCUT2D eigenvalue weighted by Gasteiger charge is 2.20. The summed E-state index contributed by atoms with van der Waals surface area (Å²) < 4.78 is 11.1. The van der Waals surface area contributed by atoms with Crippen molar-refractivity contribution in [2.24, 2.45) is 0 Å². The maximum absolute atomic E-state index is 12.2. The first-order valence-corrected chi connectivity index (χ1v) is 13.7. The number of carbonyl (C=O) groups is 1. The van der Waals surface area contributed by atoms with Gasteiger partial charge in [-0.25, -0.2) is 9.97 Å². The van der Waals surface area contributed by atoms with Crippen molar-refractivity contribution in [3.05, 3.63) is 77.7 Å². The first-order valence-electron chi connectivity index (χ1n) is 12.0. The van der Waals surface area contributed by atoms with Crippen molar-refractivity contribution in [2.75, 3.05) is 6.64 Å². The highest BCUT2D eigenvalue weighted by atomic mass is 79.9. The number of hydrogen-bond acceptors (Lipinski definition) is 6. The minimum Gasteiger partial charge on any atom is -0.391 e. The molecule has 2 aromatic heterocycles. The van der Waals surface area contributed by atoms with Crippen LogP contribution in [0.4, 0.5) is 0 Å². The van der Waals surface area contributed by atoms with Gasteiger partial charge in [0.25, 0.3) is 11.1 Å². The standard InChI is InChI=1S/C12H11BrN2O2.C12H9BrN2O2.CH5P/c2*13-7-1-3-9-10(5-7)14-11-4-2-8(16)6-15(11)12(9)17;1-2/h1,3,5,8,16H,2,4,6H2;1,3,5H,2,4,6H2;2H2,1H3/i;;1D. The Morgan fingerprint density at radius 1 is 0.917 bits per heavy atom. The van der Waals surface area contributed by atoms with E-state index < -0.39 is 6.10 Å². The molecule has 188 valence electrons. The first kappa shape index (κ1) is 25.4. The maximum Gasteiger partial charge on any atom is 0.261 e. The maximum atomic E-state index is 12.2. The minimum atomic E-state index is -0.435. The fraction of sp³-hybridized carbons (Fsp3) is 0.320. The molecule has 0 radical (unpaired) electrons. The number of aromatic nitrogens is 4. The number of aliphatic hydroxyl groups excluding tert-OH is 1. The van der Waals surface area contributed by atoms with Crippen LogP contribution in [0.15, 0.2) is 54.9 Å². The lowest BCUT2D eigenvalue weighted by atomic mass is 10.1. The second-order valence-electron chi connectivity index (χ2n) is 8.42. The third-order valence-corrected chi connectivity index (χ3v) is 7.04. The lowest BCUT2D eigenvalue weighted by Gasteiger charge is -2.22. The molecule has 0 fully saturated rings. The van der Waals surface area contributed by atoms with Gasteiger partial charge in [0.15, 0.2) is 5.78 Å². The van der Waals surface area contributed by atoms with Gasteiger partial charge in [-0.2, -0.15) is 0 Å². The molecule has 11 heteroatoms. The molecule has 0 saturated heterocycles. The second kappa shape index (κ2) is 11.4. The lowest BCUT2D eigenvalue weighted by molar-refractivity contribution is -0.120. The summed E-state index contributed by atoms with van der Waals surface area (Å²) in [6.45, 7) is 0.931. The van der Waals surface area contributed by atoms with E-state index in [0.717, 1.165) is 14.8 Å². The summed E-state index contributed by atoms with van der Waals surface area (Å²) in [6, 6.07) is 10.8. The van der Waals surface area contributed by atoms with Crippen LogP contribution in [0.3, 0.4) is 0 Å². The average molecular weight is 637 g/mol. The monoisotopic (exact) mass is 635 g/mol. The molecule has 2 unspecified atom stereocenters. The molecule has 36 heavy (non-hydrogen) atoms. The number of nitrogens with zero attached hydrogens (tertiary/aromatic N) is 4. The largest absolute Gasteiger partial charge is 0.391 e.